The second-order valence-corrected chi connectivity index (χ2v) is 4.76. The van der Waals surface area contributed by atoms with Crippen LogP contribution in [-0.2, 0) is 13.0 Å². The second-order valence-electron chi connectivity index (χ2n) is 4.76. The third-order valence-corrected chi connectivity index (χ3v) is 3.41. The largest absolute Gasteiger partial charge is 0.349 e. The predicted molar refractivity (Wildman–Crippen MR) is 59.3 cm³/mol. The van der Waals surface area contributed by atoms with Crippen molar-refractivity contribution in [2.45, 2.75) is 38.9 Å². The molecule has 0 aromatic carbocycles. The molecule has 2 atom stereocenters. The minimum absolute atomic E-state index is 0.0169. The van der Waals surface area contributed by atoms with Crippen molar-refractivity contribution in [1.82, 2.24) is 20.4 Å². The Hall–Kier alpha value is -1.36. The van der Waals surface area contributed by atoms with E-state index in [2.05, 4.69) is 29.6 Å². The highest BCUT2D eigenvalue weighted by atomic mass is 16.2. The quantitative estimate of drug-likeness (QED) is 0.657. The fourth-order valence-electron chi connectivity index (χ4n) is 2.47. The molecule has 0 radical (unpaired) electrons. The molecule has 0 fully saturated rings. The molecule has 1 amide bonds. The first kappa shape index (κ1) is 9.84. The third kappa shape index (κ3) is 1.28. The van der Waals surface area contributed by atoms with E-state index in [0.29, 0.717) is 12.6 Å². The maximum Gasteiger partial charge on any atom is 0.269 e. The highest BCUT2D eigenvalue weighted by molar-refractivity contribution is 5.95. The summed E-state index contributed by atoms with van der Waals surface area (Å²) in [6, 6.07) is 0.705. The van der Waals surface area contributed by atoms with E-state index in [0.717, 1.165) is 29.9 Å². The molecule has 0 saturated carbocycles. The van der Waals surface area contributed by atoms with E-state index < -0.39 is 0 Å². The Bertz CT molecular complexity index is 451. The van der Waals surface area contributed by atoms with E-state index >= 15 is 0 Å². The average molecular weight is 220 g/mol. The van der Waals surface area contributed by atoms with Crippen LogP contribution in [0.3, 0.4) is 0 Å². The van der Waals surface area contributed by atoms with Crippen molar-refractivity contribution < 1.29 is 4.79 Å². The van der Waals surface area contributed by atoms with Gasteiger partial charge in [-0.15, -0.1) is 0 Å². The van der Waals surface area contributed by atoms with E-state index in [1.54, 1.807) is 0 Å². The van der Waals surface area contributed by atoms with Crippen molar-refractivity contribution in [2.75, 3.05) is 6.54 Å². The van der Waals surface area contributed by atoms with E-state index in [4.69, 9.17) is 0 Å². The SMILES string of the molecule is C[C@@H]1Cc2nn3c(c2CN1)C(=O)NC[C@H]3C. The van der Waals surface area contributed by atoms with Gasteiger partial charge in [-0.1, -0.05) is 0 Å². The Balaban J connectivity index is 2.13. The van der Waals surface area contributed by atoms with Crippen LogP contribution in [0, 0.1) is 0 Å². The van der Waals surface area contributed by atoms with Gasteiger partial charge in [0.25, 0.3) is 5.91 Å². The molecule has 0 bridgehead atoms. The van der Waals surface area contributed by atoms with Gasteiger partial charge in [-0.05, 0) is 13.8 Å². The number of fused-ring (bicyclic) bond motifs is 3. The van der Waals surface area contributed by atoms with Gasteiger partial charge in [-0.2, -0.15) is 5.10 Å². The van der Waals surface area contributed by atoms with Crippen LogP contribution >= 0.6 is 0 Å². The fourth-order valence-corrected chi connectivity index (χ4v) is 2.47. The summed E-state index contributed by atoms with van der Waals surface area (Å²) in [5.74, 6) is 0.0169. The highest BCUT2D eigenvalue weighted by Gasteiger charge is 2.31. The van der Waals surface area contributed by atoms with Gasteiger partial charge in [0.2, 0.25) is 0 Å². The van der Waals surface area contributed by atoms with Crippen LogP contribution in [0.1, 0.15) is 41.6 Å². The van der Waals surface area contributed by atoms with Gasteiger partial charge in [0.15, 0.2) is 0 Å². The molecule has 2 aliphatic rings. The summed E-state index contributed by atoms with van der Waals surface area (Å²) in [4.78, 5) is 11.8. The van der Waals surface area contributed by atoms with Gasteiger partial charge in [0, 0.05) is 31.1 Å². The molecule has 5 nitrogen and oxygen atoms in total. The molecule has 3 rings (SSSR count). The van der Waals surface area contributed by atoms with E-state index in [1.165, 1.54) is 0 Å². The van der Waals surface area contributed by atoms with Gasteiger partial charge in [-0.3, -0.25) is 9.48 Å². The molecule has 5 heteroatoms. The zero-order chi connectivity index (χ0) is 11.3. The summed E-state index contributed by atoms with van der Waals surface area (Å²) in [6.45, 7) is 5.66. The van der Waals surface area contributed by atoms with Crippen molar-refractivity contribution >= 4 is 5.91 Å². The fraction of sp³-hybridized carbons (Fsp3) is 0.636. The maximum absolute atomic E-state index is 11.8. The van der Waals surface area contributed by atoms with E-state index in [-0.39, 0.29) is 11.9 Å². The first-order valence-electron chi connectivity index (χ1n) is 5.78. The number of nitrogens with one attached hydrogen (secondary N) is 2. The molecular weight excluding hydrogens is 204 g/mol. The summed E-state index contributed by atoms with van der Waals surface area (Å²) in [5, 5.41) is 10.9. The molecule has 2 N–H and O–H groups in total. The lowest BCUT2D eigenvalue weighted by Crippen LogP contribution is -2.39. The monoisotopic (exact) mass is 220 g/mol. The van der Waals surface area contributed by atoms with Crippen LogP contribution in [-0.4, -0.2) is 28.3 Å². The molecule has 0 spiro atoms. The van der Waals surface area contributed by atoms with E-state index in [9.17, 15) is 4.79 Å². The van der Waals surface area contributed by atoms with Gasteiger partial charge in [0.1, 0.15) is 5.69 Å². The number of nitrogens with zero attached hydrogens (tertiary/aromatic N) is 2. The van der Waals surface area contributed by atoms with Crippen LogP contribution in [0.4, 0.5) is 0 Å². The third-order valence-electron chi connectivity index (χ3n) is 3.41. The van der Waals surface area contributed by atoms with Crippen LogP contribution in [0.5, 0.6) is 0 Å². The second kappa shape index (κ2) is 3.31. The Morgan fingerprint density at radius 1 is 1.44 bits per heavy atom. The van der Waals surface area contributed by atoms with Gasteiger partial charge >= 0.3 is 0 Å². The van der Waals surface area contributed by atoms with Gasteiger partial charge < -0.3 is 10.6 Å². The van der Waals surface area contributed by atoms with E-state index in [1.807, 2.05) is 4.68 Å². The topological polar surface area (TPSA) is 59.0 Å². The summed E-state index contributed by atoms with van der Waals surface area (Å²) in [5.41, 5.74) is 2.93. The molecule has 16 heavy (non-hydrogen) atoms. The Morgan fingerprint density at radius 3 is 3.06 bits per heavy atom. The highest BCUT2D eigenvalue weighted by Crippen LogP contribution is 2.24. The number of carbonyl (C=O) groups is 1. The average Bonchev–Trinajstić information content (AvgIpc) is 2.63. The van der Waals surface area contributed by atoms with Crippen LogP contribution in [0.2, 0.25) is 0 Å². The molecule has 0 unspecified atom stereocenters. The lowest BCUT2D eigenvalue weighted by molar-refractivity contribution is 0.0911. The Morgan fingerprint density at radius 2 is 2.25 bits per heavy atom. The minimum Gasteiger partial charge on any atom is -0.349 e. The lowest BCUT2D eigenvalue weighted by Gasteiger charge is -2.23. The first-order chi connectivity index (χ1) is 7.66. The summed E-state index contributed by atoms with van der Waals surface area (Å²) in [6.07, 6.45) is 0.912. The Kier molecular flexibility index (Phi) is 2.04. The van der Waals surface area contributed by atoms with Crippen LogP contribution in [0.15, 0.2) is 0 Å². The van der Waals surface area contributed by atoms with Crippen LogP contribution < -0.4 is 10.6 Å². The number of amides is 1. The zero-order valence-corrected chi connectivity index (χ0v) is 9.58. The number of hydrogen-bond acceptors (Lipinski definition) is 3. The molecule has 0 saturated heterocycles. The summed E-state index contributed by atoms with van der Waals surface area (Å²) >= 11 is 0. The smallest absolute Gasteiger partial charge is 0.269 e. The molecule has 3 heterocycles. The summed E-state index contributed by atoms with van der Waals surface area (Å²) < 4.78 is 1.89. The molecule has 1 aromatic heterocycles. The zero-order valence-electron chi connectivity index (χ0n) is 9.58. The van der Waals surface area contributed by atoms with Crippen LogP contribution in [0.25, 0.3) is 0 Å². The molecular formula is C11H16N4O. The standard InChI is InChI=1S/C11H16N4O/c1-6-3-9-8(5-12-6)10-11(16)13-4-7(2)15(10)14-9/h6-7,12H,3-5H2,1-2H3,(H,13,16)/t6-,7-/m1/s1. The number of aromatic nitrogens is 2. The number of rotatable bonds is 0. The number of carbonyl (C=O) groups excluding carboxylic acids is 1. The molecule has 86 valence electrons. The summed E-state index contributed by atoms with van der Waals surface area (Å²) in [7, 11) is 0. The number of hydrogen-bond donors (Lipinski definition) is 2. The van der Waals surface area contributed by atoms with Crippen molar-refractivity contribution in [1.29, 1.82) is 0 Å². The molecule has 1 aromatic rings. The van der Waals surface area contributed by atoms with Crippen molar-refractivity contribution in [2.24, 2.45) is 0 Å². The normalized spacial score (nSPS) is 28.2. The minimum atomic E-state index is 0.0169. The van der Waals surface area contributed by atoms with Crippen molar-refractivity contribution in [3.8, 4) is 0 Å². The molecule has 0 aliphatic carbocycles. The molecule has 2 aliphatic heterocycles. The van der Waals surface area contributed by atoms with Gasteiger partial charge in [-0.25, -0.2) is 0 Å². The first-order valence-corrected chi connectivity index (χ1v) is 5.78. The van der Waals surface area contributed by atoms with Gasteiger partial charge in [0.05, 0.1) is 11.7 Å². The lowest BCUT2D eigenvalue weighted by atomic mass is 10.0. The van der Waals surface area contributed by atoms with Crippen molar-refractivity contribution in [3.63, 3.8) is 0 Å². The predicted octanol–water partition coefficient (Wildman–Crippen LogP) is 0.222. The Labute approximate surface area is 94.2 Å². The van der Waals surface area contributed by atoms with Crippen molar-refractivity contribution in [3.05, 3.63) is 17.0 Å². The maximum atomic E-state index is 11.8.